The maximum Gasteiger partial charge on any atom is 0.256 e. The van der Waals surface area contributed by atoms with E-state index in [2.05, 4.69) is 44.8 Å². The number of fused-ring (bicyclic) bond motifs is 2. The molecule has 3 N–H and O–H groups in total. The fourth-order valence-electron chi connectivity index (χ4n) is 4.19. The molecule has 1 aliphatic rings. The number of aromatic nitrogens is 4. The van der Waals surface area contributed by atoms with Crippen LogP contribution in [0.2, 0.25) is 0 Å². The summed E-state index contributed by atoms with van der Waals surface area (Å²) in [5.41, 5.74) is 3.86. The lowest BCUT2D eigenvalue weighted by Gasteiger charge is -2.30. The topological polar surface area (TPSA) is 87.6 Å². The van der Waals surface area contributed by atoms with Gasteiger partial charge in [0.2, 0.25) is 0 Å². The second-order valence-electron chi connectivity index (χ2n) is 7.75. The summed E-state index contributed by atoms with van der Waals surface area (Å²) in [7, 11) is 0. The number of hydrogen-bond donors (Lipinski definition) is 3. The zero-order chi connectivity index (χ0) is 22.5. The van der Waals surface area contributed by atoms with Crippen molar-refractivity contribution in [1.82, 2.24) is 25.1 Å². The highest BCUT2D eigenvalue weighted by atomic mass is 16.1. The van der Waals surface area contributed by atoms with Crippen LogP contribution in [0.1, 0.15) is 60.9 Å². The van der Waals surface area contributed by atoms with Crippen LogP contribution in [0.5, 0.6) is 0 Å². The van der Waals surface area contributed by atoms with Crippen molar-refractivity contribution in [3.05, 3.63) is 77.9 Å². The van der Waals surface area contributed by atoms with Crippen LogP contribution in [0.4, 0.5) is 5.82 Å². The molecular formula is C25H30N6O. The van der Waals surface area contributed by atoms with E-state index in [-0.39, 0.29) is 18.0 Å². The van der Waals surface area contributed by atoms with Crippen molar-refractivity contribution in [3.8, 4) is 0 Å². The van der Waals surface area contributed by atoms with Gasteiger partial charge in [0.15, 0.2) is 0 Å². The molecule has 0 saturated heterocycles. The number of aromatic amines is 1. The van der Waals surface area contributed by atoms with Gasteiger partial charge in [-0.25, -0.2) is 4.68 Å². The van der Waals surface area contributed by atoms with Crippen LogP contribution in [0.3, 0.4) is 0 Å². The Hall–Kier alpha value is -3.61. The van der Waals surface area contributed by atoms with Crippen molar-refractivity contribution < 1.29 is 4.79 Å². The van der Waals surface area contributed by atoms with Gasteiger partial charge >= 0.3 is 0 Å². The fraction of sp³-hybridized carbons (Fsp3) is 0.320. The number of pyridine rings is 1. The van der Waals surface area contributed by atoms with Gasteiger partial charge in [0.05, 0.1) is 24.0 Å². The molecule has 3 aromatic heterocycles. The molecule has 7 heteroatoms. The summed E-state index contributed by atoms with van der Waals surface area (Å²) in [4.78, 5) is 20.6. The zero-order valence-corrected chi connectivity index (χ0v) is 18.8. The minimum atomic E-state index is -0.113. The number of benzene rings is 1. The molecule has 0 bridgehead atoms. The summed E-state index contributed by atoms with van der Waals surface area (Å²) in [6.07, 6.45) is 7.10. The normalized spacial score (nSPS) is 17.1. The highest BCUT2D eigenvalue weighted by Crippen LogP contribution is 2.35. The predicted octanol–water partition coefficient (Wildman–Crippen LogP) is 4.88. The first-order valence-corrected chi connectivity index (χ1v) is 11.3. The van der Waals surface area contributed by atoms with E-state index in [1.807, 2.05) is 55.1 Å². The molecule has 0 radical (unpaired) electrons. The Morgan fingerprint density at radius 1 is 1.19 bits per heavy atom. The molecule has 1 aliphatic heterocycles. The van der Waals surface area contributed by atoms with Crippen LogP contribution >= 0.6 is 0 Å². The summed E-state index contributed by atoms with van der Waals surface area (Å²) in [5.74, 6) is 0.645. The molecule has 2 atom stereocenters. The summed E-state index contributed by atoms with van der Waals surface area (Å²) >= 11 is 0. The van der Waals surface area contributed by atoms with Gasteiger partial charge in [-0.05, 0) is 43.5 Å². The number of nitrogens with one attached hydrogen (secondary N) is 3. The first-order valence-electron chi connectivity index (χ1n) is 11.3. The van der Waals surface area contributed by atoms with E-state index < -0.39 is 0 Å². The van der Waals surface area contributed by atoms with Crippen molar-refractivity contribution in [2.24, 2.45) is 0 Å². The molecule has 5 rings (SSSR count). The molecule has 1 amide bonds. The Morgan fingerprint density at radius 2 is 2.00 bits per heavy atom. The number of amides is 1. The van der Waals surface area contributed by atoms with Gasteiger partial charge in [0, 0.05) is 29.8 Å². The van der Waals surface area contributed by atoms with Crippen LogP contribution in [0, 0.1) is 0 Å². The maximum atomic E-state index is 12.9. The third-order valence-corrected chi connectivity index (χ3v) is 5.74. The molecule has 32 heavy (non-hydrogen) atoms. The third-order valence-electron chi connectivity index (χ3n) is 5.74. The van der Waals surface area contributed by atoms with E-state index in [9.17, 15) is 4.79 Å². The van der Waals surface area contributed by atoms with Crippen molar-refractivity contribution in [2.45, 2.75) is 45.7 Å². The monoisotopic (exact) mass is 430 g/mol. The number of rotatable bonds is 5. The van der Waals surface area contributed by atoms with Gasteiger partial charge in [0.1, 0.15) is 11.4 Å². The van der Waals surface area contributed by atoms with Crippen LogP contribution in [-0.4, -0.2) is 32.2 Å². The lowest BCUT2D eigenvalue weighted by Crippen LogP contribution is -2.30. The van der Waals surface area contributed by atoms with Crippen molar-refractivity contribution in [3.63, 3.8) is 0 Å². The van der Waals surface area contributed by atoms with E-state index in [0.29, 0.717) is 12.1 Å². The number of para-hydroxylation sites is 1. The van der Waals surface area contributed by atoms with Crippen molar-refractivity contribution in [1.29, 1.82) is 0 Å². The molecule has 7 nitrogen and oxygen atoms in total. The minimum Gasteiger partial charge on any atom is -0.361 e. The first-order chi connectivity index (χ1) is 15.7. The van der Waals surface area contributed by atoms with E-state index in [0.717, 1.165) is 29.9 Å². The molecule has 0 aliphatic carbocycles. The Kier molecular flexibility index (Phi) is 6.54. The predicted molar refractivity (Wildman–Crippen MR) is 128 cm³/mol. The average Bonchev–Trinajstić information content (AvgIpc) is 3.46. The van der Waals surface area contributed by atoms with Gasteiger partial charge in [-0.1, -0.05) is 38.1 Å². The third kappa shape index (κ3) is 4.23. The van der Waals surface area contributed by atoms with Gasteiger partial charge in [-0.2, -0.15) is 5.10 Å². The van der Waals surface area contributed by atoms with E-state index >= 15 is 0 Å². The molecule has 0 spiro atoms. The number of carbonyl (C=O) groups is 1. The highest BCUT2D eigenvalue weighted by molar-refractivity contribution is 5.99. The molecule has 4 heterocycles. The quantitative estimate of drug-likeness (QED) is 0.421. The van der Waals surface area contributed by atoms with E-state index in [1.54, 1.807) is 12.4 Å². The lowest BCUT2D eigenvalue weighted by molar-refractivity contribution is 0.0954. The van der Waals surface area contributed by atoms with Crippen LogP contribution in [0.15, 0.2) is 61.1 Å². The second-order valence-corrected chi connectivity index (χ2v) is 7.75. The van der Waals surface area contributed by atoms with Gasteiger partial charge in [-0.15, -0.1) is 0 Å². The lowest BCUT2D eigenvalue weighted by atomic mass is 10.0. The molecule has 166 valence electrons. The number of H-pyrrole nitrogens is 1. The summed E-state index contributed by atoms with van der Waals surface area (Å²) in [5, 5.41) is 12.2. The van der Waals surface area contributed by atoms with Gasteiger partial charge in [0.25, 0.3) is 5.91 Å². The molecule has 0 saturated carbocycles. The van der Waals surface area contributed by atoms with Crippen molar-refractivity contribution in [2.75, 3.05) is 11.9 Å². The number of hydrogen-bond acceptors (Lipinski definition) is 4. The molecule has 1 aromatic carbocycles. The standard InChI is InChI=1S/C23H24N6O.C2H6/c1-15-12-21(20-8-4-5-10-24-20)28-22-18(14-27-29(15)22)23(30)25-11-9-16-13-26-19-7-3-2-6-17(16)19;1-2/h2-8,10,13-15,21,26,28H,9,11-12H2,1H3,(H,25,30);1-2H3. The summed E-state index contributed by atoms with van der Waals surface area (Å²) in [6.45, 7) is 6.68. The molecular weight excluding hydrogens is 400 g/mol. The first kappa shape index (κ1) is 21.6. The van der Waals surface area contributed by atoms with Crippen LogP contribution in [-0.2, 0) is 6.42 Å². The fourth-order valence-corrected chi connectivity index (χ4v) is 4.19. The number of nitrogens with zero attached hydrogens (tertiary/aromatic N) is 3. The Balaban J connectivity index is 0.00000119. The summed E-state index contributed by atoms with van der Waals surface area (Å²) < 4.78 is 1.90. The SMILES string of the molecule is CC.CC1CC(c2ccccn2)Nc2c(C(=O)NCCc3c[nH]c4ccccc34)cnn21. The van der Waals surface area contributed by atoms with E-state index in [1.165, 1.54) is 10.9 Å². The zero-order valence-electron chi connectivity index (χ0n) is 18.8. The molecule has 4 aromatic rings. The summed E-state index contributed by atoms with van der Waals surface area (Å²) in [6, 6.07) is 14.3. The minimum absolute atomic E-state index is 0.0585. The van der Waals surface area contributed by atoms with Gasteiger partial charge < -0.3 is 15.6 Å². The maximum absolute atomic E-state index is 12.9. The largest absolute Gasteiger partial charge is 0.361 e. The smallest absolute Gasteiger partial charge is 0.256 e. The van der Waals surface area contributed by atoms with Crippen LogP contribution < -0.4 is 10.6 Å². The van der Waals surface area contributed by atoms with E-state index in [4.69, 9.17) is 0 Å². The molecule has 0 fully saturated rings. The second kappa shape index (κ2) is 9.68. The van der Waals surface area contributed by atoms with Crippen molar-refractivity contribution >= 4 is 22.6 Å². The van der Waals surface area contributed by atoms with Crippen LogP contribution in [0.25, 0.3) is 10.9 Å². The molecule has 2 unspecified atom stereocenters. The Bertz CT molecular complexity index is 1180. The Labute approximate surface area is 188 Å². The Morgan fingerprint density at radius 3 is 2.81 bits per heavy atom. The highest BCUT2D eigenvalue weighted by Gasteiger charge is 2.30. The number of carbonyl (C=O) groups excluding carboxylic acids is 1. The number of anilines is 1. The average molecular weight is 431 g/mol. The van der Waals surface area contributed by atoms with Gasteiger partial charge in [-0.3, -0.25) is 9.78 Å².